The van der Waals surface area contributed by atoms with Gasteiger partial charge in [0.05, 0.1) is 22.1 Å². The Balaban J connectivity index is 0.936. The van der Waals surface area contributed by atoms with E-state index >= 15 is 0 Å². The summed E-state index contributed by atoms with van der Waals surface area (Å²) in [4.78, 5) is 15.8. The van der Waals surface area contributed by atoms with Crippen molar-refractivity contribution in [2.75, 3.05) is 0 Å². The van der Waals surface area contributed by atoms with Crippen molar-refractivity contribution >= 4 is 87.5 Å². The molecule has 0 bridgehead atoms. The molecule has 0 saturated carbocycles. The van der Waals surface area contributed by atoms with Crippen LogP contribution < -0.4 is 0 Å². The van der Waals surface area contributed by atoms with Crippen LogP contribution in [-0.4, -0.2) is 24.1 Å². The molecule has 0 atom stereocenters. The van der Waals surface area contributed by atoms with Gasteiger partial charge >= 0.3 is 0 Å². The monoisotopic (exact) mass is 971 g/mol. The predicted molar refractivity (Wildman–Crippen MR) is 310 cm³/mol. The zero-order chi connectivity index (χ0) is 49.8. The van der Waals surface area contributed by atoms with E-state index in [1.165, 1.54) is 21.5 Å². The minimum atomic E-state index is 0.541. The molecule has 0 aliphatic heterocycles. The lowest BCUT2D eigenvalue weighted by Crippen LogP contribution is -2.01. The largest absolute Gasteiger partial charge is 0.455 e. The molecule has 0 saturated heterocycles. The number of fused-ring (bicyclic) bond motifs is 12. The van der Waals surface area contributed by atoms with Gasteiger partial charge in [0.2, 0.25) is 0 Å². The van der Waals surface area contributed by atoms with Gasteiger partial charge in [0, 0.05) is 94.4 Å². The number of benzene rings is 11. The minimum absolute atomic E-state index is 0.541. The first-order valence-corrected chi connectivity index (χ1v) is 25.6. The molecule has 76 heavy (non-hydrogen) atoms. The van der Waals surface area contributed by atoms with Crippen LogP contribution in [-0.2, 0) is 0 Å². The minimum Gasteiger partial charge on any atom is -0.455 e. The molecule has 16 rings (SSSR count). The average Bonchev–Trinajstić information content (AvgIpc) is 4.24. The van der Waals surface area contributed by atoms with Crippen LogP contribution in [0.5, 0.6) is 0 Å². The molecular formula is C69H41N5O2. The number of hydrogen-bond acceptors (Lipinski definition) is 5. The fraction of sp³-hybridized carbons (Fsp3) is 0. The molecule has 0 amide bonds. The maximum absolute atomic E-state index is 7.12. The van der Waals surface area contributed by atoms with Crippen LogP contribution >= 0.6 is 0 Å². The summed E-state index contributed by atoms with van der Waals surface area (Å²) in [6.07, 6.45) is 0. The van der Waals surface area contributed by atoms with Gasteiger partial charge in [0.15, 0.2) is 17.5 Å². The Labute approximate surface area is 434 Å². The molecule has 0 unspecified atom stereocenters. The van der Waals surface area contributed by atoms with Gasteiger partial charge in [-0.2, -0.15) is 0 Å². The highest BCUT2D eigenvalue weighted by atomic mass is 16.3. The van der Waals surface area contributed by atoms with E-state index in [-0.39, 0.29) is 0 Å². The Morgan fingerprint density at radius 2 is 0.684 bits per heavy atom. The Hall–Kier alpha value is -10.4. The molecule has 0 N–H and O–H groups in total. The van der Waals surface area contributed by atoms with E-state index in [0.29, 0.717) is 17.5 Å². The Bertz CT molecular complexity index is 4920. The molecule has 7 nitrogen and oxygen atoms in total. The van der Waals surface area contributed by atoms with Gasteiger partial charge < -0.3 is 18.0 Å². The van der Waals surface area contributed by atoms with Gasteiger partial charge in [0.25, 0.3) is 0 Å². The van der Waals surface area contributed by atoms with Gasteiger partial charge in [-0.3, -0.25) is 0 Å². The van der Waals surface area contributed by atoms with Gasteiger partial charge in [-0.25, -0.2) is 15.0 Å². The van der Waals surface area contributed by atoms with Gasteiger partial charge in [-0.05, 0) is 65.7 Å². The lowest BCUT2D eigenvalue weighted by atomic mass is 9.92. The highest BCUT2D eigenvalue weighted by Crippen LogP contribution is 2.46. The van der Waals surface area contributed by atoms with Crippen LogP contribution in [0.25, 0.3) is 155 Å². The van der Waals surface area contributed by atoms with Crippen LogP contribution in [0.1, 0.15) is 0 Å². The van der Waals surface area contributed by atoms with E-state index in [4.69, 9.17) is 23.8 Å². The summed E-state index contributed by atoms with van der Waals surface area (Å²) in [5.74, 6) is 1.71. The van der Waals surface area contributed by atoms with Crippen molar-refractivity contribution in [1.82, 2.24) is 24.1 Å². The number of furan rings is 2. The van der Waals surface area contributed by atoms with Crippen LogP contribution in [0.15, 0.2) is 258 Å². The van der Waals surface area contributed by atoms with E-state index in [9.17, 15) is 0 Å². The number of hydrogen-bond donors (Lipinski definition) is 0. The molecule has 16 aromatic rings. The fourth-order valence-electron chi connectivity index (χ4n) is 11.7. The van der Waals surface area contributed by atoms with Crippen molar-refractivity contribution in [3.05, 3.63) is 249 Å². The highest BCUT2D eigenvalue weighted by Gasteiger charge is 2.24. The molecule has 5 aromatic heterocycles. The van der Waals surface area contributed by atoms with Crippen molar-refractivity contribution in [3.63, 3.8) is 0 Å². The molecule has 0 fully saturated rings. The van der Waals surface area contributed by atoms with Crippen LogP contribution in [0.3, 0.4) is 0 Å². The summed E-state index contributed by atoms with van der Waals surface area (Å²) in [6, 6.07) is 87.1. The molecule has 0 radical (unpaired) electrons. The zero-order valence-electron chi connectivity index (χ0n) is 40.7. The van der Waals surface area contributed by atoms with Gasteiger partial charge in [0.1, 0.15) is 22.3 Å². The quantitative estimate of drug-likeness (QED) is 0.159. The summed E-state index contributed by atoms with van der Waals surface area (Å²) in [6.45, 7) is 0. The molecule has 7 heteroatoms. The maximum Gasteiger partial charge on any atom is 0.164 e. The van der Waals surface area contributed by atoms with Crippen LogP contribution in [0.4, 0.5) is 0 Å². The molecule has 354 valence electrons. The zero-order valence-corrected chi connectivity index (χ0v) is 40.7. The second-order valence-corrected chi connectivity index (χ2v) is 19.5. The van der Waals surface area contributed by atoms with E-state index in [1.54, 1.807) is 0 Å². The number of nitrogens with zero attached hydrogens (tertiary/aromatic N) is 5. The summed E-state index contributed by atoms with van der Waals surface area (Å²) in [7, 11) is 0. The summed E-state index contributed by atoms with van der Waals surface area (Å²) in [5, 5.41) is 8.90. The van der Waals surface area contributed by atoms with E-state index in [2.05, 4.69) is 197 Å². The van der Waals surface area contributed by atoms with Crippen molar-refractivity contribution in [2.24, 2.45) is 0 Å². The van der Waals surface area contributed by atoms with Crippen molar-refractivity contribution in [1.29, 1.82) is 0 Å². The Morgan fingerprint density at radius 1 is 0.250 bits per heavy atom. The smallest absolute Gasteiger partial charge is 0.164 e. The van der Waals surface area contributed by atoms with Gasteiger partial charge in [-0.1, -0.05) is 182 Å². The molecule has 0 aliphatic rings. The third-order valence-electron chi connectivity index (χ3n) is 15.2. The average molecular weight is 972 g/mol. The molecular weight excluding hydrogens is 931 g/mol. The first-order chi connectivity index (χ1) is 37.7. The third-order valence-corrected chi connectivity index (χ3v) is 15.2. The number of rotatable bonds is 7. The Morgan fingerprint density at radius 3 is 1.21 bits per heavy atom. The SMILES string of the molecule is c1ccc(-c2nc(-c3ccccc3)nc(-c3cc(-c4cccc5c4oc4cc6c(cc45)c4ccccc4n6-c4ccccc4)ccc3-c3cccc4c3oc3cc5c(cc34)c3ccccc3n5-c3ccccc3)n2)cc1. The number of para-hydroxylation sites is 6. The van der Waals surface area contributed by atoms with Crippen LogP contribution in [0, 0.1) is 0 Å². The van der Waals surface area contributed by atoms with Crippen molar-refractivity contribution in [2.45, 2.75) is 0 Å². The summed E-state index contributed by atoms with van der Waals surface area (Å²) in [5.41, 5.74) is 16.3. The van der Waals surface area contributed by atoms with E-state index in [1.807, 2.05) is 60.7 Å². The Kier molecular flexibility index (Phi) is 9.20. The van der Waals surface area contributed by atoms with E-state index in [0.717, 1.165) is 116 Å². The lowest BCUT2D eigenvalue weighted by Gasteiger charge is -2.14. The predicted octanol–water partition coefficient (Wildman–Crippen LogP) is 18.2. The molecule has 5 heterocycles. The first kappa shape index (κ1) is 42.2. The first-order valence-electron chi connectivity index (χ1n) is 25.6. The van der Waals surface area contributed by atoms with Gasteiger partial charge in [-0.15, -0.1) is 0 Å². The normalized spacial score (nSPS) is 11.9. The summed E-state index contributed by atoms with van der Waals surface area (Å²) >= 11 is 0. The highest BCUT2D eigenvalue weighted by molar-refractivity contribution is 6.20. The lowest BCUT2D eigenvalue weighted by molar-refractivity contribution is 0.670. The molecule has 0 aliphatic carbocycles. The number of aromatic nitrogens is 5. The third kappa shape index (κ3) is 6.46. The maximum atomic E-state index is 7.12. The van der Waals surface area contributed by atoms with Crippen LogP contribution in [0.2, 0.25) is 0 Å². The molecule has 0 spiro atoms. The second-order valence-electron chi connectivity index (χ2n) is 19.5. The standard InChI is InChI=1S/C69H41N5O2/c1-5-19-42(20-6-1)67-70-68(43-21-7-2-8-22-43)72-69(71-67)58-37-44(47-29-17-31-52-56-38-54-49-27-13-15-33-59(49)73(45-23-9-3-10-24-45)61(54)40-63(56)75-65(47)52)35-36-48(58)51-30-18-32-53-57-39-55-50-28-14-16-34-60(50)74(46-25-11-4-12-26-46)62(55)41-64(57)76-66(51)53/h1-41H. The van der Waals surface area contributed by atoms with Crippen molar-refractivity contribution < 1.29 is 8.83 Å². The van der Waals surface area contributed by atoms with Crippen molar-refractivity contribution in [3.8, 4) is 67.8 Å². The topological polar surface area (TPSA) is 74.8 Å². The fourth-order valence-corrected chi connectivity index (χ4v) is 11.7. The summed E-state index contributed by atoms with van der Waals surface area (Å²) < 4.78 is 18.8. The molecule has 11 aromatic carbocycles. The second kappa shape index (κ2) is 16.6. The van der Waals surface area contributed by atoms with E-state index < -0.39 is 0 Å².